The fourth-order valence-corrected chi connectivity index (χ4v) is 4.83. The van der Waals surface area contributed by atoms with Crippen LogP contribution in [-0.4, -0.2) is 88.2 Å². The molecule has 0 heterocycles. The highest BCUT2D eigenvalue weighted by Crippen LogP contribution is 2.11. The Balaban J connectivity index is 1.64. The molecule has 0 fully saturated rings. The fraction of sp³-hybridized carbons (Fsp3) is 0.528. The van der Waals surface area contributed by atoms with Gasteiger partial charge in [-0.05, 0) is 68.1 Å². The number of amides is 4. The molecular weight excluding hydrogens is 644 g/mol. The molecule has 2 rings (SSSR count). The molecule has 14 nitrogen and oxygen atoms in total. The van der Waals surface area contributed by atoms with Gasteiger partial charge in [-0.3, -0.25) is 19.2 Å². The Labute approximate surface area is 294 Å². The molecule has 0 saturated carbocycles. The van der Waals surface area contributed by atoms with Gasteiger partial charge >= 0.3 is 5.97 Å². The number of carbonyl (C=O) groups is 5. The van der Waals surface area contributed by atoms with Crippen molar-refractivity contribution < 1.29 is 38.3 Å². The second-order valence-electron chi connectivity index (χ2n) is 11.7. The van der Waals surface area contributed by atoms with E-state index < -0.39 is 29.7 Å². The van der Waals surface area contributed by atoms with E-state index in [2.05, 4.69) is 45.7 Å². The number of aryl methyl sites for hydroxylation is 2. The topological polar surface area (TPSA) is 213 Å². The third-order valence-corrected chi connectivity index (χ3v) is 7.43. The minimum atomic E-state index is -0.840. The Morgan fingerprint density at radius 1 is 0.640 bits per heavy atom. The van der Waals surface area contributed by atoms with Crippen LogP contribution in [0.1, 0.15) is 61.6 Å². The van der Waals surface area contributed by atoms with Crippen molar-refractivity contribution in [1.29, 1.82) is 0 Å². The third-order valence-electron chi connectivity index (χ3n) is 7.43. The van der Waals surface area contributed by atoms with Crippen molar-refractivity contribution in [2.75, 3.05) is 52.6 Å². The number of benzene rings is 2. The first-order valence-corrected chi connectivity index (χ1v) is 17.3. The van der Waals surface area contributed by atoms with Gasteiger partial charge in [0.25, 0.3) is 5.91 Å². The molecule has 8 N–H and O–H groups in total. The molecule has 0 unspecified atom stereocenters. The highest BCUT2D eigenvalue weighted by molar-refractivity contribution is 5.88. The van der Waals surface area contributed by atoms with Gasteiger partial charge < -0.3 is 41.7 Å². The number of hydroxylamine groups is 1. The molecule has 0 aliphatic carbocycles. The van der Waals surface area contributed by atoms with E-state index in [-0.39, 0.29) is 58.1 Å². The summed E-state index contributed by atoms with van der Waals surface area (Å²) in [5.74, 6) is -2.24. The van der Waals surface area contributed by atoms with Crippen LogP contribution in [0.25, 0.3) is 0 Å². The number of rotatable bonds is 26. The predicted octanol–water partition coefficient (Wildman–Crippen LogP) is 0.987. The molecule has 50 heavy (non-hydrogen) atoms. The van der Waals surface area contributed by atoms with Crippen molar-refractivity contribution in [3.63, 3.8) is 0 Å². The second-order valence-corrected chi connectivity index (χ2v) is 11.7. The van der Waals surface area contributed by atoms with Crippen molar-refractivity contribution in [2.24, 2.45) is 11.5 Å². The summed E-state index contributed by atoms with van der Waals surface area (Å²) in [7, 11) is 0. The predicted molar refractivity (Wildman–Crippen MR) is 188 cm³/mol. The number of unbranched alkanes of at least 4 members (excludes halogenated alkanes) is 2. The van der Waals surface area contributed by atoms with E-state index >= 15 is 0 Å². The van der Waals surface area contributed by atoms with Gasteiger partial charge in [0, 0.05) is 32.6 Å². The normalized spacial score (nSPS) is 11.3. The van der Waals surface area contributed by atoms with Gasteiger partial charge in [-0.2, -0.15) is 5.48 Å². The Bertz CT molecular complexity index is 1280. The fourth-order valence-electron chi connectivity index (χ4n) is 4.83. The zero-order valence-corrected chi connectivity index (χ0v) is 28.9. The average Bonchev–Trinajstić information content (AvgIpc) is 3.11. The smallest absolute Gasteiger partial charge is 0.332 e. The van der Waals surface area contributed by atoms with Crippen LogP contribution in [0.2, 0.25) is 0 Å². The van der Waals surface area contributed by atoms with Gasteiger partial charge in [-0.15, -0.1) is 0 Å². The SMILES string of the molecule is NCCOCC(=O)NCCCC[C@H](NC(=O)COCCN)C(=O)NCCCC(=O)ONC(=O)Cc1ccc(CCCCc2ccccc2)cc1. The molecule has 0 aromatic heterocycles. The number of nitrogens with two attached hydrogens (primary N) is 2. The second kappa shape index (κ2) is 26.5. The van der Waals surface area contributed by atoms with Crippen molar-refractivity contribution in [2.45, 2.75) is 70.3 Å². The monoisotopic (exact) mass is 698 g/mol. The largest absolute Gasteiger partial charge is 0.370 e. The summed E-state index contributed by atoms with van der Waals surface area (Å²) in [6.45, 7) is 1.31. The first-order valence-electron chi connectivity index (χ1n) is 17.3. The first-order chi connectivity index (χ1) is 24.3. The van der Waals surface area contributed by atoms with E-state index in [1.165, 1.54) is 11.1 Å². The maximum absolute atomic E-state index is 12.8. The van der Waals surface area contributed by atoms with Crippen molar-refractivity contribution in [3.05, 3.63) is 71.3 Å². The number of ether oxygens (including phenoxy) is 2. The molecule has 0 aliphatic heterocycles. The van der Waals surface area contributed by atoms with E-state index in [1.54, 1.807) is 0 Å². The van der Waals surface area contributed by atoms with E-state index in [0.717, 1.165) is 31.2 Å². The molecule has 2 aromatic carbocycles. The number of hydrogen-bond donors (Lipinski definition) is 6. The van der Waals surface area contributed by atoms with Crippen LogP contribution in [0.15, 0.2) is 54.6 Å². The number of hydrogen-bond acceptors (Lipinski definition) is 10. The molecule has 0 aliphatic rings. The van der Waals surface area contributed by atoms with E-state index in [1.807, 2.05) is 30.3 Å². The minimum Gasteiger partial charge on any atom is -0.370 e. The highest BCUT2D eigenvalue weighted by atomic mass is 16.7. The molecule has 0 radical (unpaired) electrons. The lowest BCUT2D eigenvalue weighted by Crippen LogP contribution is -2.48. The Morgan fingerprint density at radius 2 is 1.24 bits per heavy atom. The first kappa shape index (κ1) is 41.8. The molecule has 0 saturated heterocycles. The summed E-state index contributed by atoms with van der Waals surface area (Å²) in [6.07, 6.45) is 5.91. The lowest BCUT2D eigenvalue weighted by Gasteiger charge is -2.18. The Hall–Kier alpha value is -4.37. The zero-order valence-electron chi connectivity index (χ0n) is 28.9. The zero-order chi connectivity index (χ0) is 36.2. The standard InChI is InChI=1S/C36H54N6O8/c37-19-23-48-26-33(44)39-21-7-6-13-31(41-34(45)27-49-24-20-38)36(47)40-22-8-14-35(46)50-42-32(43)25-30-17-15-29(16-18-30)12-5-4-11-28-9-2-1-3-10-28/h1-3,9-10,15-18,31H,4-8,11-14,19-27,37-38H2,(H,39,44)(H,40,47)(H,41,45)(H,42,43)/t31-/m0/s1. The van der Waals surface area contributed by atoms with Crippen LogP contribution in [0, 0.1) is 0 Å². The van der Waals surface area contributed by atoms with Gasteiger partial charge in [0.2, 0.25) is 17.7 Å². The molecular formula is C36H54N6O8. The minimum absolute atomic E-state index is 0.0435. The molecule has 4 amide bonds. The summed E-state index contributed by atoms with van der Waals surface area (Å²) in [6, 6.07) is 17.4. The van der Waals surface area contributed by atoms with Gasteiger partial charge in [0.05, 0.1) is 19.6 Å². The summed E-state index contributed by atoms with van der Waals surface area (Å²) >= 11 is 0. The Morgan fingerprint density at radius 3 is 1.90 bits per heavy atom. The third kappa shape index (κ3) is 20.2. The maximum Gasteiger partial charge on any atom is 0.332 e. The van der Waals surface area contributed by atoms with E-state index in [4.69, 9.17) is 25.8 Å². The maximum atomic E-state index is 12.8. The summed E-state index contributed by atoms with van der Waals surface area (Å²) in [5, 5.41) is 8.10. The van der Waals surface area contributed by atoms with Crippen LogP contribution in [0.3, 0.4) is 0 Å². The molecule has 1 atom stereocenters. The lowest BCUT2D eigenvalue weighted by molar-refractivity contribution is -0.158. The molecule has 0 spiro atoms. The van der Waals surface area contributed by atoms with E-state index in [9.17, 15) is 24.0 Å². The van der Waals surface area contributed by atoms with Crippen LogP contribution >= 0.6 is 0 Å². The highest BCUT2D eigenvalue weighted by Gasteiger charge is 2.20. The van der Waals surface area contributed by atoms with Crippen LogP contribution in [0.5, 0.6) is 0 Å². The molecule has 0 bridgehead atoms. The molecule has 2 aromatic rings. The van der Waals surface area contributed by atoms with Crippen LogP contribution in [-0.2, 0) is 57.5 Å². The molecule has 276 valence electrons. The molecule has 14 heteroatoms. The average molecular weight is 699 g/mol. The van der Waals surface area contributed by atoms with Gasteiger partial charge in [-0.25, -0.2) is 4.79 Å². The number of carbonyl (C=O) groups excluding carboxylic acids is 5. The van der Waals surface area contributed by atoms with Crippen LogP contribution < -0.4 is 32.9 Å². The number of nitrogens with one attached hydrogen (secondary N) is 4. The van der Waals surface area contributed by atoms with Crippen molar-refractivity contribution >= 4 is 29.6 Å². The summed E-state index contributed by atoms with van der Waals surface area (Å²) < 4.78 is 10.2. The van der Waals surface area contributed by atoms with Crippen LogP contribution in [0.4, 0.5) is 0 Å². The Kier molecular flexibility index (Phi) is 22.1. The van der Waals surface area contributed by atoms with Crippen molar-refractivity contribution in [3.8, 4) is 0 Å². The van der Waals surface area contributed by atoms with Gasteiger partial charge in [0.1, 0.15) is 19.3 Å². The van der Waals surface area contributed by atoms with Gasteiger partial charge in [0.15, 0.2) is 0 Å². The van der Waals surface area contributed by atoms with Crippen molar-refractivity contribution in [1.82, 2.24) is 21.4 Å². The van der Waals surface area contributed by atoms with Gasteiger partial charge in [-0.1, -0.05) is 54.6 Å². The lowest BCUT2D eigenvalue weighted by atomic mass is 10.0. The summed E-state index contributed by atoms with van der Waals surface area (Å²) in [5.41, 5.74) is 16.2. The van der Waals surface area contributed by atoms with E-state index in [0.29, 0.717) is 39.0 Å². The quantitative estimate of drug-likeness (QED) is 0.0606. The summed E-state index contributed by atoms with van der Waals surface area (Å²) in [4.78, 5) is 66.2.